The Kier molecular flexibility index (Phi) is 4.03. The van der Waals surface area contributed by atoms with Crippen molar-refractivity contribution in [1.29, 1.82) is 0 Å². The fourth-order valence-electron chi connectivity index (χ4n) is 3.17. The molecule has 0 atom stereocenters. The zero-order valence-electron chi connectivity index (χ0n) is 13.0. The van der Waals surface area contributed by atoms with E-state index in [0.717, 1.165) is 44.2 Å². The van der Waals surface area contributed by atoms with Gasteiger partial charge in [0.25, 0.3) is 5.56 Å². The van der Waals surface area contributed by atoms with E-state index in [1.54, 1.807) is 6.20 Å². The van der Waals surface area contributed by atoms with Crippen LogP contribution in [-0.4, -0.2) is 43.2 Å². The van der Waals surface area contributed by atoms with Crippen LogP contribution in [0.5, 0.6) is 11.5 Å². The number of H-pyrrole nitrogens is 1. The zero-order valence-corrected chi connectivity index (χ0v) is 13.8. The van der Waals surface area contributed by atoms with Gasteiger partial charge in [-0.2, -0.15) is 5.10 Å². The lowest BCUT2D eigenvalue weighted by atomic mass is 10.1. The number of rotatable bonds is 3. The molecule has 7 nitrogen and oxygen atoms in total. The smallest absolute Gasteiger partial charge is 0.285 e. The maximum absolute atomic E-state index is 11.6. The number of aromatic amines is 1. The van der Waals surface area contributed by atoms with Crippen molar-refractivity contribution in [2.75, 3.05) is 37.9 Å². The van der Waals surface area contributed by atoms with Crippen molar-refractivity contribution in [2.24, 2.45) is 0 Å². The second-order valence-corrected chi connectivity index (χ2v) is 6.38. The number of piperazine rings is 1. The Balaban J connectivity index is 1.39. The summed E-state index contributed by atoms with van der Waals surface area (Å²) in [4.78, 5) is 15.2. The van der Waals surface area contributed by atoms with Gasteiger partial charge in [0.05, 0.1) is 38.1 Å². The van der Waals surface area contributed by atoms with Crippen molar-refractivity contribution in [3.8, 4) is 11.5 Å². The molecule has 1 fully saturated rings. The maximum atomic E-state index is 11.6. The minimum absolute atomic E-state index is 0.212. The standard InChI is InChI=1S/C16H17ClN4O3/c17-15-12(8-18-19-16(15)22)21-5-3-20(4-6-21)9-11-1-2-13-14(7-11)24-10-23-13/h1-2,7-8H,3-6,9-10H2,(H,19,22)/p+1. The van der Waals surface area contributed by atoms with Gasteiger partial charge in [-0.25, -0.2) is 5.10 Å². The van der Waals surface area contributed by atoms with E-state index in [9.17, 15) is 4.79 Å². The van der Waals surface area contributed by atoms with Gasteiger partial charge in [0.2, 0.25) is 6.79 Å². The number of halogens is 1. The van der Waals surface area contributed by atoms with Crippen LogP contribution in [0.3, 0.4) is 0 Å². The molecule has 2 aliphatic rings. The molecule has 2 aliphatic heterocycles. The molecule has 126 valence electrons. The van der Waals surface area contributed by atoms with Crippen LogP contribution >= 0.6 is 11.6 Å². The van der Waals surface area contributed by atoms with Crippen LogP contribution < -0.4 is 24.8 Å². The second-order valence-electron chi connectivity index (χ2n) is 6.00. The summed E-state index contributed by atoms with van der Waals surface area (Å²) in [7, 11) is 0. The lowest BCUT2D eigenvalue weighted by Gasteiger charge is -2.33. The number of fused-ring (bicyclic) bond motifs is 1. The van der Waals surface area contributed by atoms with E-state index < -0.39 is 0 Å². The third-order valence-electron chi connectivity index (χ3n) is 4.48. The van der Waals surface area contributed by atoms with E-state index in [4.69, 9.17) is 21.1 Å². The van der Waals surface area contributed by atoms with Crippen molar-refractivity contribution >= 4 is 17.3 Å². The number of nitrogens with zero attached hydrogens (tertiary/aromatic N) is 2. The van der Waals surface area contributed by atoms with Gasteiger partial charge in [0.1, 0.15) is 11.6 Å². The van der Waals surface area contributed by atoms with Crippen LogP contribution in [0.1, 0.15) is 5.56 Å². The number of quaternary nitrogens is 1. The summed E-state index contributed by atoms with van der Waals surface area (Å²) in [6, 6.07) is 6.11. The summed E-state index contributed by atoms with van der Waals surface area (Å²) in [6.45, 7) is 4.85. The van der Waals surface area contributed by atoms with Crippen LogP contribution in [0, 0.1) is 0 Å². The van der Waals surface area contributed by atoms with Crippen molar-refractivity contribution in [1.82, 2.24) is 10.2 Å². The second kappa shape index (κ2) is 6.33. The highest BCUT2D eigenvalue weighted by Gasteiger charge is 2.23. The zero-order chi connectivity index (χ0) is 16.5. The van der Waals surface area contributed by atoms with E-state index in [1.807, 2.05) is 6.07 Å². The van der Waals surface area contributed by atoms with Gasteiger partial charge in [-0.15, -0.1) is 0 Å². The van der Waals surface area contributed by atoms with Crippen molar-refractivity contribution in [3.63, 3.8) is 0 Å². The van der Waals surface area contributed by atoms with Crippen molar-refractivity contribution in [2.45, 2.75) is 6.54 Å². The van der Waals surface area contributed by atoms with Crippen LogP contribution in [0.25, 0.3) is 0 Å². The molecule has 4 rings (SSSR count). The fraction of sp³-hybridized carbons (Fsp3) is 0.375. The highest BCUT2D eigenvalue weighted by molar-refractivity contribution is 6.32. The number of anilines is 1. The maximum Gasteiger partial charge on any atom is 0.285 e. The summed E-state index contributed by atoms with van der Waals surface area (Å²) < 4.78 is 10.8. The molecule has 2 aromatic rings. The normalized spacial score (nSPS) is 17.3. The Morgan fingerprint density at radius 1 is 1.25 bits per heavy atom. The molecule has 0 aliphatic carbocycles. The predicted octanol–water partition coefficient (Wildman–Crippen LogP) is 0.0571. The molecule has 1 saturated heterocycles. The fourth-order valence-corrected chi connectivity index (χ4v) is 3.39. The van der Waals surface area contributed by atoms with Gasteiger partial charge in [0.15, 0.2) is 11.5 Å². The average molecular weight is 350 g/mol. The topological polar surface area (TPSA) is 71.9 Å². The molecule has 3 heterocycles. The van der Waals surface area contributed by atoms with Crippen LogP contribution in [-0.2, 0) is 6.54 Å². The third kappa shape index (κ3) is 2.92. The SMILES string of the molecule is O=c1[nH]ncc(N2CC[NH+](Cc3ccc4c(c3)OCO4)CC2)c1Cl. The van der Waals surface area contributed by atoms with Crippen LogP contribution in [0.2, 0.25) is 5.02 Å². The van der Waals surface area contributed by atoms with E-state index in [-0.39, 0.29) is 10.6 Å². The third-order valence-corrected chi connectivity index (χ3v) is 4.84. The summed E-state index contributed by atoms with van der Waals surface area (Å²) >= 11 is 6.09. The minimum Gasteiger partial charge on any atom is -0.454 e. The summed E-state index contributed by atoms with van der Waals surface area (Å²) in [5, 5.41) is 6.41. The first-order valence-electron chi connectivity index (χ1n) is 7.91. The molecule has 8 heteroatoms. The Morgan fingerprint density at radius 2 is 2.04 bits per heavy atom. The summed E-state index contributed by atoms with van der Waals surface area (Å²) in [5.41, 5.74) is 1.60. The van der Waals surface area contributed by atoms with Gasteiger partial charge >= 0.3 is 0 Å². The monoisotopic (exact) mass is 349 g/mol. The van der Waals surface area contributed by atoms with E-state index >= 15 is 0 Å². The number of ether oxygens (including phenoxy) is 2. The predicted molar refractivity (Wildman–Crippen MR) is 89.0 cm³/mol. The van der Waals surface area contributed by atoms with E-state index in [1.165, 1.54) is 10.5 Å². The summed E-state index contributed by atoms with van der Waals surface area (Å²) in [6.07, 6.45) is 1.62. The van der Waals surface area contributed by atoms with Gasteiger partial charge in [-0.1, -0.05) is 11.6 Å². The van der Waals surface area contributed by atoms with Crippen molar-refractivity contribution in [3.05, 3.63) is 45.3 Å². The molecule has 0 saturated carbocycles. The van der Waals surface area contributed by atoms with E-state index in [2.05, 4.69) is 27.2 Å². The number of nitrogens with one attached hydrogen (secondary N) is 2. The molecule has 24 heavy (non-hydrogen) atoms. The van der Waals surface area contributed by atoms with Gasteiger partial charge in [-0.3, -0.25) is 4.79 Å². The Hall–Kier alpha value is -2.25. The Bertz CT molecular complexity index is 802. The van der Waals surface area contributed by atoms with Gasteiger partial charge < -0.3 is 19.3 Å². The highest BCUT2D eigenvalue weighted by Crippen LogP contribution is 2.32. The number of hydrogen-bond donors (Lipinski definition) is 2. The van der Waals surface area contributed by atoms with E-state index in [0.29, 0.717) is 12.5 Å². The lowest BCUT2D eigenvalue weighted by molar-refractivity contribution is -0.914. The first-order chi connectivity index (χ1) is 11.7. The van der Waals surface area contributed by atoms with Gasteiger partial charge in [-0.05, 0) is 18.2 Å². The Morgan fingerprint density at radius 3 is 2.88 bits per heavy atom. The number of aromatic nitrogens is 2. The molecule has 1 aromatic carbocycles. The molecule has 1 aromatic heterocycles. The number of benzene rings is 1. The number of hydrogen-bond acceptors (Lipinski definition) is 5. The first kappa shape index (κ1) is 15.3. The summed E-state index contributed by atoms with van der Waals surface area (Å²) in [5.74, 6) is 1.64. The highest BCUT2D eigenvalue weighted by atomic mass is 35.5. The van der Waals surface area contributed by atoms with Crippen LogP contribution in [0.15, 0.2) is 29.2 Å². The molecular formula is C16H18ClN4O3+. The van der Waals surface area contributed by atoms with Crippen molar-refractivity contribution < 1.29 is 14.4 Å². The quantitative estimate of drug-likeness (QED) is 0.819. The lowest BCUT2D eigenvalue weighted by Crippen LogP contribution is -3.13. The molecule has 0 spiro atoms. The molecule has 0 unspecified atom stereocenters. The minimum atomic E-state index is -0.343. The first-order valence-corrected chi connectivity index (χ1v) is 8.29. The van der Waals surface area contributed by atoms with Gasteiger partial charge in [0, 0.05) is 5.56 Å². The molecule has 0 bridgehead atoms. The molecule has 0 radical (unpaired) electrons. The van der Waals surface area contributed by atoms with Crippen LogP contribution in [0.4, 0.5) is 5.69 Å². The molecular weight excluding hydrogens is 332 g/mol. The average Bonchev–Trinajstić information content (AvgIpc) is 3.06. The Labute approximate surface area is 143 Å². The molecule has 0 amide bonds. The molecule has 2 N–H and O–H groups in total. The largest absolute Gasteiger partial charge is 0.454 e.